The van der Waals surface area contributed by atoms with Crippen molar-refractivity contribution in [3.8, 4) is 0 Å². The predicted molar refractivity (Wildman–Crippen MR) is 40.2 cm³/mol. The fourth-order valence-corrected chi connectivity index (χ4v) is 0.885. The molecule has 15 heavy (non-hydrogen) atoms. The third-order valence-electron chi connectivity index (χ3n) is 1.60. The number of carbonyl (C=O) groups is 1. The number of aromatic carboxylic acids is 1. The van der Waals surface area contributed by atoms with Crippen LogP contribution in [0.5, 0.6) is 0 Å². The topological polar surface area (TPSA) is 66.0 Å². The lowest BCUT2D eigenvalue weighted by Gasteiger charge is -2.10. The molecule has 0 fully saturated rings. The van der Waals surface area contributed by atoms with Gasteiger partial charge in [-0.1, -0.05) is 0 Å². The Morgan fingerprint density at radius 3 is 2.60 bits per heavy atom. The van der Waals surface area contributed by atoms with Crippen molar-refractivity contribution < 1.29 is 27.5 Å². The number of hydrogen-bond donors (Lipinski definition) is 2. The van der Waals surface area contributed by atoms with Gasteiger partial charge in [-0.3, -0.25) is 5.10 Å². The minimum absolute atomic E-state index is 0.211. The minimum Gasteiger partial charge on any atom is -0.476 e. The van der Waals surface area contributed by atoms with Gasteiger partial charge >= 0.3 is 12.1 Å². The van der Waals surface area contributed by atoms with Crippen molar-refractivity contribution in [2.75, 3.05) is 0 Å². The monoisotopic (exact) mass is 226 g/mol. The van der Waals surface area contributed by atoms with Crippen LogP contribution in [0.1, 0.15) is 16.2 Å². The van der Waals surface area contributed by atoms with Gasteiger partial charge in [0, 0.05) is 12.1 Å². The molecule has 84 valence electrons. The summed E-state index contributed by atoms with van der Waals surface area (Å²) in [7, 11) is 0. The highest BCUT2D eigenvalue weighted by molar-refractivity contribution is 5.85. The van der Waals surface area contributed by atoms with Gasteiger partial charge in [-0.25, -0.2) is 9.18 Å². The summed E-state index contributed by atoms with van der Waals surface area (Å²) in [6.45, 7) is 0. The van der Waals surface area contributed by atoms with E-state index in [-0.39, 0.29) is 5.69 Å². The predicted octanol–water partition coefficient (Wildman–Crippen LogP) is 1.55. The van der Waals surface area contributed by atoms with E-state index >= 15 is 0 Å². The first-order valence-corrected chi connectivity index (χ1v) is 3.79. The summed E-state index contributed by atoms with van der Waals surface area (Å²) in [6, 6.07) is 0.862. The van der Waals surface area contributed by atoms with Gasteiger partial charge in [-0.05, 0) is 6.07 Å². The third kappa shape index (κ3) is 2.93. The van der Waals surface area contributed by atoms with Crippen molar-refractivity contribution in [3.05, 3.63) is 17.5 Å². The van der Waals surface area contributed by atoms with Crippen LogP contribution in [0, 0.1) is 0 Å². The van der Waals surface area contributed by atoms with Gasteiger partial charge in [0.2, 0.25) is 6.17 Å². The van der Waals surface area contributed by atoms with Crippen molar-refractivity contribution in [2.24, 2.45) is 0 Å². The average Bonchev–Trinajstić information content (AvgIpc) is 2.50. The van der Waals surface area contributed by atoms with Crippen molar-refractivity contribution in [2.45, 2.75) is 18.8 Å². The number of alkyl halides is 4. The average molecular weight is 226 g/mol. The van der Waals surface area contributed by atoms with Gasteiger partial charge in [-0.2, -0.15) is 18.3 Å². The molecular formula is C7H6F4N2O2. The first-order valence-electron chi connectivity index (χ1n) is 3.79. The number of nitrogens with zero attached hydrogens (tertiary/aromatic N) is 1. The van der Waals surface area contributed by atoms with E-state index in [0.29, 0.717) is 0 Å². The van der Waals surface area contributed by atoms with Gasteiger partial charge in [0.1, 0.15) is 0 Å². The zero-order chi connectivity index (χ0) is 11.6. The summed E-state index contributed by atoms with van der Waals surface area (Å²) in [6.07, 6.45) is -8.95. The summed E-state index contributed by atoms with van der Waals surface area (Å²) < 4.78 is 47.8. The summed E-state index contributed by atoms with van der Waals surface area (Å²) in [4.78, 5) is 10.3. The minimum atomic E-state index is -4.95. The second kappa shape index (κ2) is 3.87. The van der Waals surface area contributed by atoms with E-state index in [1.807, 2.05) is 5.10 Å². The number of carboxylic acid groups (broad SMARTS) is 1. The quantitative estimate of drug-likeness (QED) is 0.768. The normalized spacial score (nSPS) is 13.9. The largest absolute Gasteiger partial charge is 0.476 e. The van der Waals surface area contributed by atoms with Crippen LogP contribution >= 0.6 is 0 Å². The first-order chi connectivity index (χ1) is 6.80. The van der Waals surface area contributed by atoms with Crippen LogP contribution in [-0.2, 0) is 6.42 Å². The molecule has 0 saturated heterocycles. The van der Waals surface area contributed by atoms with Crippen molar-refractivity contribution in [3.63, 3.8) is 0 Å². The maximum Gasteiger partial charge on any atom is 0.420 e. The highest BCUT2D eigenvalue weighted by atomic mass is 19.4. The Kier molecular flexibility index (Phi) is 2.96. The molecule has 1 heterocycles. The Morgan fingerprint density at radius 2 is 2.20 bits per heavy atom. The Labute approximate surface area is 80.9 Å². The van der Waals surface area contributed by atoms with Gasteiger partial charge in [-0.15, -0.1) is 0 Å². The number of aromatic nitrogens is 2. The molecule has 0 aromatic carbocycles. The van der Waals surface area contributed by atoms with Crippen LogP contribution in [0.2, 0.25) is 0 Å². The molecule has 0 aliphatic heterocycles. The van der Waals surface area contributed by atoms with Crippen LogP contribution < -0.4 is 0 Å². The second-order valence-corrected chi connectivity index (χ2v) is 2.80. The molecule has 0 saturated carbocycles. The summed E-state index contributed by atoms with van der Waals surface area (Å²) in [5.41, 5.74) is -0.656. The highest BCUT2D eigenvalue weighted by Gasteiger charge is 2.40. The number of halogens is 4. The molecule has 0 aliphatic rings. The van der Waals surface area contributed by atoms with Crippen LogP contribution in [0.4, 0.5) is 17.6 Å². The van der Waals surface area contributed by atoms with E-state index in [2.05, 4.69) is 5.10 Å². The van der Waals surface area contributed by atoms with E-state index in [0.717, 1.165) is 6.07 Å². The molecule has 0 radical (unpaired) electrons. The van der Waals surface area contributed by atoms with Crippen LogP contribution in [0.25, 0.3) is 0 Å². The van der Waals surface area contributed by atoms with E-state index in [1.165, 1.54) is 0 Å². The lowest BCUT2D eigenvalue weighted by Crippen LogP contribution is -2.26. The van der Waals surface area contributed by atoms with Crippen LogP contribution in [0.3, 0.4) is 0 Å². The maximum atomic E-state index is 12.5. The maximum absolute atomic E-state index is 12.5. The highest BCUT2D eigenvalue weighted by Crippen LogP contribution is 2.25. The molecule has 8 heteroatoms. The summed E-state index contributed by atoms with van der Waals surface area (Å²) in [5, 5.41) is 13.6. The Bertz CT molecular complexity index is 360. The Hall–Kier alpha value is -1.60. The fraction of sp³-hybridized carbons (Fsp3) is 0.429. The third-order valence-corrected chi connectivity index (χ3v) is 1.60. The molecule has 4 nitrogen and oxygen atoms in total. The van der Waals surface area contributed by atoms with Crippen molar-refractivity contribution in [1.29, 1.82) is 0 Å². The SMILES string of the molecule is O=C(O)c1cc(CC(F)C(F)(F)F)[nH]n1. The zero-order valence-electron chi connectivity index (χ0n) is 7.18. The van der Waals surface area contributed by atoms with Gasteiger partial charge in [0.25, 0.3) is 0 Å². The first kappa shape index (κ1) is 11.5. The lowest BCUT2D eigenvalue weighted by molar-refractivity contribution is -0.179. The number of carboxylic acids is 1. The molecule has 1 aromatic heterocycles. The van der Waals surface area contributed by atoms with Crippen LogP contribution in [0.15, 0.2) is 6.07 Å². The number of aromatic amines is 1. The number of rotatable bonds is 3. The van der Waals surface area contributed by atoms with Gasteiger partial charge in [0.05, 0.1) is 0 Å². The molecule has 1 unspecified atom stereocenters. The van der Waals surface area contributed by atoms with E-state index in [1.54, 1.807) is 0 Å². The molecule has 0 aliphatic carbocycles. The molecule has 1 atom stereocenters. The zero-order valence-corrected chi connectivity index (χ0v) is 7.18. The number of hydrogen-bond acceptors (Lipinski definition) is 2. The number of H-pyrrole nitrogens is 1. The molecule has 1 aromatic rings. The molecule has 1 rings (SSSR count). The summed E-state index contributed by atoms with van der Waals surface area (Å²) >= 11 is 0. The molecule has 0 bridgehead atoms. The standard InChI is InChI=1S/C7H6F4N2O2/c8-5(7(9,10)11)2-3-1-4(6(14)15)13-12-3/h1,5H,2H2,(H,12,13)(H,14,15). The number of nitrogens with one attached hydrogen (secondary N) is 1. The van der Waals surface area contributed by atoms with E-state index in [9.17, 15) is 22.4 Å². The second-order valence-electron chi connectivity index (χ2n) is 2.80. The Balaban J connectivity index is 2.69. The smallest absolute Gasteiger partial charge is 0.420 e. The molecule has 2 N–H and O–H groups in total. The fourth-order valence-electron chi connectivity index (χ4n) is 0.885. The Morgan fingerprint density at radius 1 is 1.60 bits per heavy atom. The van der Waals surface area contributed by atoms with Gasteiger partial charge < -0.3 is 5.11 Å². The van der Waals surface area contributed by atoms with Gasteiger partial charge in [0.15, 0.2) is 5.69 Å². The van der Waals surface area contributed by atoms with E-state index < -0.39 is 30.4 Å². The molecule has 0 spiro atoms. The molecule has 0 amide bonds. The lowest BCUT2D eigenvalue weighted by atomic mass is 10.2. The van der Waals surface area contributed by atoms with Crippen LogP contribution in [-0.4, -0.2) is 33.6 Å². The van der Waals surface area contributed by atoms with Crippen molar-refractivity contribution in [1.82, 2.24) is 10.2 Å². The van der Waals surface area contributed by atoms with Crippen molar-refractivity contribution >= 4 is 5.97 Å². The van der Waals surface area contributed by atoms with E-state index in [4.69, 9.17) is 5.11 Å². The summed E-state index contributed by atoms with van der Waals surface area (Å²) in [5.74, 6) is -1.39. The molecular weight excluding hydrogens is 220 g/mol.